The van der Waals surface area contributed by atoms with Gasteiger partial charge in [0, 0.05) is 10.6 Å². The molecular formula is C15H11ClFN3O2. The SMILES string of the molecule is O=C(N/N=C/c1ccccc1Cl)C(=O)Nc1ccccc1F. The molecule has 5 nitrogen and oxygen atoms in total. The number of rotatable bonds is 3. The van der Waals surface area contributed by atoms with E-state index >= 15 is 0 Å². The van der Waals surface area contributed by atoms with Crippen molar-refractivity contribution in [3.05, 3.63) is 64.9 Å². The van der Waals surface area contributed by atoms with Gasteiger partial charge in [0.1, 0.15) is 5.82 Å². The standard InChI is InChI=1S/C15H11ClFN3O2/c16-11-6-2-1-5-10(11)9-18-20-15(22)14(21)19-13-8-4-3-7-12(13)17/h1-9H,(H,19,21)(H,20,22)/b18-9+. The molecule has 2 amide bonds. The van der Waals surface area contributed by atoms with Crippen molar-refractivity contribution in [3.8, 4) is 0 Å². The number of carbonyl (C=O) groups is 2. The first-order chi connectivity index (χ1) is 10.6. The molecule has 0 atom stereocenters. The summed E-state index contributed by atoms with van der Waals surface area (Å²) >= 11 is 5.90. The predicted octanol–water partition coefficient (Wildman–Crippen LogP) is 2.57. The summed E-state index contributed by atoms with van der Waals surface area (Å²) in [7, 11) is 0. The van der Waals surface area contributed by atoms with Crippen LogP contribution in [0, 0.1) is 5.82 Å². The van der Waals surface area contributed by atoms with Gasteiger partial charge < -0.3 is 5.32 Å². The molecule has 0 aliphatic carbocycles. The Morgan fingerprint density at radius 1 is 1.05 bits per heavy atom. The second-order valence-electron chi connectivity index (χ2n) is 4.15. The quantitative estimate of drug-likeness (QED) is 0.518. The van der Waals surface area contributed by atoms with Crippen molar-refractivity contribution in [1.82, 2.24) is 5.43 Å². The van der Waals surface area contributed by atoms with Crippen LogP contribution < -0.4 is 10.7 Å². The van der Waals surface area contributed by atoms with Crippen LogP contribution in [0.4, 0.5) is 10.1 Å². The smallest absolute Gasteiger partial charge is 0.315 e. The number of anilines is 1. The fourth-order valence-electron chi connectivity index (χ4n) is 1.53. The molecule has 22 heavy (non-hydrogen) atoms. The Labute approximate surface area is 130 Å². The summed E-state index contributed by atoms with van der Waals surface area (Å²) in [6.45, 7) is 0. The molecule has 0 aromatic heterocycles. The summed E-state index contributed by atoms with van der Waals surface area (Å²) < 4.78 is 13.3. The van der Waals surface area contributed by atoms with Crippen molar-refractivity contribution >= 4 is 35.3 Å². The van der Waals surface area contributed by atoms with Crippen LogP contribution in [-0.2, 0) is 9.59 Å². The minimum atomic E-state index is -1.03. The molecule has 0 aliphatic heterocycles. The zero-order valence-corrected chi connectivity index (χ0v) is 12.0. The highest BCUT2D eigenvalue weighted by molar-refractivity contribution is 6.39. The van der Waals surface area contributed by atoms with Gasteiger partial charge in [-0.2, -0.15) is 5.10 Å². The second kappa shape index (κ2) is 7.33. The Morgan fingerprint density at radius 3 is 2.45 bits per heavy atom. The number of hydrazone groups is 1. The summed E-state index contributed by atoms with van der Waals surface area (Å²) in [6.07, 6.45) is 1.30. The van der Waals surface area contributed by atoms with E-state index in [1.165, 1.54) is 30.5 Å². The van der Waals surface area contributed by atoms with E-state index in [0.717, 1.165) is 0 Å². The van der Waals surface area contributed by atoms with E-state index in [4.69, 9.17) is 11.6 Å². The normalized spacial score (nSPS) is 10.5. The van der Waals surface area contributed by atoms with Crippen LogP contribution in [0.3, 0.4) is 0 Å². The topological polar surface area (TPSA) is 70.6 Å². The number of amides is 2. The number of hydrogen-bond acceptors (Lipinski definition) is 3. The summed E-state index contributed by atoms with van der Waals surface area (Å²) in [5.41, 5.74) is 2.53. The minimum Gasteiger partial charge on any atom is -0.315 e. The van der Waals surface area contributed by atoms with E-state index in [-0.39, 0.29) is 5.69 Å². The Kier molecular flexibility index (Phi) is 5.21. The highest BCUT2D eigenvalue weighted by Crippen LogP contribution is 2.12. The lowest BCUT2D eigenvalue weighted by molar-refractivity contribution is -0.136. The molecule has 0 saturated carbocycles. The molecule has 2 aromatic rings. The molecule has 2 rings (SSSR count). The maximum Gasteiger partial charge on any atom is 0.329 e. The Balaban J connectivity index is 1.94. The van der Waals surface area contributed by atoms with Gasteiger partial charge in [0.2, 0.25) is 0 Å². The number of carbonyl (C=O) groups excluding carboxylic acids is 2. The summed E-state index contributed by atoms with van der Waals surface area (Å²) in [5.74, 6) is -2.68. The Hall–Kier alpha value is -2.73. The third kappa shape index (κ3) is 4.13. The van der Waals surface area contributed by atoms with E-state index < -0.39 is 17.6 Å². The van der Waals surface area contributed by atoms with Gasteiger partial charge in [-0.3, -0.25) is 9.59 Å². The van der Waals surface area contributed by atoms with Crippen LogP contribution in [-0.4, -0.2) is 18.0 Å². The summed E-state index contributed by atoms with van der Waals surface area (Å²) in [4.78, 5) is 23.1. The predicted molar refractivity (Wildman–Crippen MR) is 82.2 cm³/mol. The second-order valence-corrected chi connectivity index (χ2v) is 4.56. The van der Waals surface area contributed by atoms with Crippen LogP contribution in [0.1, 0.15) is 5.56 Å². The monoisotopic (exact) mass is 319 g/mol. The molecule has 0 bridgehead atoms. The van der Waals surface area contributed by atoms with E-state index in [2.05, 4.69) is 10.4 Å². The average molecular weight is 320 g/mol. The van der Waals surface area contributed by atoms with E-state index in [1.54, 1.807) is 24.3 Å². The van der Waals surface area contributed by atoms with Crippen molar-refractivity contribution in [3.63, 3.8) is 0 Å². The van der Waals surface area contributed by atoms with Crippen molar-refractivity contribution in [2.45, 2.75) is 0 Å². The van der Waals surface area contributed by atoms with Crippen molar-refractivity contribution in [2.24, 2.45) is 5.10 Å². The zero-order valence-electron chi connectivity index (χ0n) is 11.2. The lowest BCUT2D eigenvalue weighted by Gasteiger charge is -2.04. The zero-order chi connectivity index (χ0) is 15.9. The molecule has 0 unspecified atom stereocenters. The molecule has 112 valence electrons. The fourth-order valence-corrected chi connectivity index (χ4v) is 1.72. The molecule has 7 heteroatoms. The first kappa shape index (κ1) is 15.7. The largest absolute Gasteiger partial charge is 0.329 e. The van der Waals surface area contributed by atoms with Crippen molar-refractivity contribution < 1.29 is 14.0 Å². The van der Waals surface area contributed by atoms with Gasteiger partial charge in [-0.25, -0.2) is 9.82 Å². The summed E-state index contributed by atoms with van der Waals surface area (Å²) in [5, 5.41) is 6.22. The molecule has 0 spiro atoms. The average Bonchev–Trinajstić information content (AvgIpc) is 2.51. The lowest BCUT2D eigenvalue weighted by atomic mass is 10.2. The van der Waals surface area contributed by atoms with Gasteiger partial charge in [-0.15, -0.1) is 0 Å². The minimum absolute atomic E-state index is 0.0854. The molecule has 2 aromatic carbocycles. The van der Waals surface area contributed by atoms with Gasteiger partial charge in [-0.1, -0.05) is 41.9 Å². The van der Waals surface area contributed by atoms with Crippen molar-refractivity contribution in [1.29, 1.82) is 0 Å². The number of nitrogens with one attached hydrogen (secondary N) is 2. The molecule has 0 heterocycles. The van der Waals surface area contributed by atoms with Gasteiger partial charge in [0.25, 0.3) is 0 Å². The molecular weight excluding hydrogens is 309 g/mol. The van der Waals surface area contributed by atoms with Crippen LogP contribution >= 0.6 is 11.6 Å². The van der Waals surface area contributed by atoms with Gasteiger partial charge in [0.15, 0.2) is 0 Å². The number of hydrogen-bond donors (Lipinski definition) is 2. The maximum atomic E-state index is 13.3. The molecule has 0 radical (unpaired) electrons. The highest BCUT2D eigenvalue weighted by Gasteiger charge is 2.14. The van der Waals surface area contributed by atoms with E-state index in [0.29, 0.717) is 10.6 Å². The van der Waals surface area contributed by atoms with Crippen LogP contribution in [0.15, 0.2) is 53.6 Å². The van der Waals surface area contributed by atoms with Crippen molar-refractivity contribution in [2.75, 3.05) is 5.32 Å². The van der Waals surface area contributed by atoms with Crippen LogP contribution in [0.5, 0.6) is 0 Å². The summed E-state index contributed by atoms with van der Waals surface area (Å²) in [6, 6.07) is 12.4. The Bertz CT molecular complexity index is 734. The number of halogens is 2. The van der Waals surface area contributed by atoms with E-state index in [1.807, 2.05) is 5.43 Å². The molecule has 0 saturated heterocycles. The van der Waals surface area contributed by atoms with Crippen LogP contribution in [0.25, 0.3) is 0 Å². The number of benzene rings is 2. The van der Waals surface area contributed by atoms with E-state index in [9.17, 15) is 14.0 Å². The first-order valence-corrected chi connectivity index (χ1v) is 6.59. The molecule has 0 aliphatic rings. The number of nitrogens with zero attached hydrogens (tertiary/aromatic N) is 1. The fraction of sp³-hybridized carbons (Fsp3) is 0. The third-order valence-electron chi connectivity index (χ3n) is 2.60. The van der Waals surface area contributed by atoms with Crippen LogP contribution in [0.2, 0.25) is 5.02 Å². The molecule has 0 fully saturated rings. The van der Waals surface area contributed by atoms with Gasteiger partial charge in [-0.05, 0) is 18.2 Å². The number of para-hydroxylation sites is 1. The maximum absolute atomic E-state index is 13.3. The lowest BCUT2D eigenvalue weighted by Crippen LogP contribution is -2.32. The third-order valence-corrected chi connectivity index (χ3v) is 2.95. The molecule has 2 N–H and O–H groups in total. The first-order valence-electron chi connectivity index (χ1n) is 6.21. The highest BCUT2D eigenvalue weighted by atomic mass is 35.5. The van der Waals surface area contributed by atoms with Gasteiger partial charge in [0.05, 0.1) is 11.9 Å². The van der Waals surface area contributed by atoms with Gasteiger partial charge >= 0.3 is 11.8 Å². The Morgan fingerprint density at radius 2 is 1.73 bits per heavy atom.